The number of furan rings is 1. The van der Waals surface area contributed by atoms with Gasteiger partial charge in [0.05, 0.1) is 0 Å². The number of aromatic nitrogens is 3. The third kappa shape index (κ3) is 3.88. The topological polar surface area (TPSA) is 51.8 Å². The second-order valence-electron chi connectivity index (χ2n) is 10.9. The summed E-state index contributed by atoms with van der Waals surface area (Å²) in [5.41, 5.74) is 4.46. The van der Waals surface area contributed by atoms with E-state index in [1.165, 1.54) is 21.5 Å². The Bertz CT molecular complexity index is 2530. The number of benzene rings is 7. The van der Waals surface area contributed by atoms with Crippen LogP contribution in [0.25, 0.3) is 88.4 Å². The molecule has 0 unspecified atom stereocenters. The quantitative estimate of drug-likeness (QED) is 0.206. The molecule has 0 radical (unpaired) electrons. The van der Waals surface area contributed by atoms with Crippen LogP contribution >= 0.6 is 0 Å². The van der Waals surface area contributed by atoms with Gasteiger partial charge in [0.25, 0.3) is 0 Å². The van der Waals surface area contributed by atoms with Crippen LogP contribution in [-0.2, 0) is 0 Å². The highest BCUT2D eigenvalue weighted by atomic mass is 16.3. The first-order valence-corrected chi connectivity index (χ1v) is 14.4. The number of para-hydroxylation sites is 1. The lowest BCUT2D eigenvalue weighted by atomic mass is 10.00. The van der Waals surface area contributed by atoms with Crippen molar-refractivity contribution < 1.29 is 4.42 Å². The maximum Gasteiger partial charge on any atom is 0.164 e. The maximum atomic E-state index is 6.20. The molecule has 0 saturated carbocycles. The van der Waals surface area contributed by atoms with Gasteiger partial charge in [-0.3, -0.25) is 0 Å². The van der Waals surface area contributed by atoms with Gasteiger partial charge in [-0.25, -0.2) is 15.0 Å². The second-order valence-corrected chi connectivity index (χ2v) is 10.9. The van der Waals surface area contributed by atoms with Crippen LogP contribution in [0.1, 0.15) is 0 Å². The van der Waals surface area contributed by atoms with Gasteiger partial charge >= 0.3 is 0 Å². The Morgan fingerprint density at radius 2 is 0.953 bits per heavy atom. The fraction of sp³-hybridized carbons (Fsp3) is 0. The van der Waals surface area contributed by atoms with Gasteiger partial charge in [-0.15, -0.1) is 0 Å². The molecule has 9 aromatic rings. The number of fused-ring (bicyclic) bond motifs is 7. The van der Waals surface area contributed by atoms with Crippen LogP contribution in [0.2, 0.25) is 0 Å². The molecular formula is C39H23N3O. The Balaban J connectivity index is 1.30. The van der Waals surface area contributed by atoms with Gasteiger partial charge in [-0.2, -0.15) is 0 Å². The SMILES string of the molecule is c1ccc2cc(-c3nc(-c4ccc5c(ccc6ccccc65)c4)nc(-c4cccc5oc6ccccc6c45)n3)ccc2c1. The average Bonchev–Trinajstić information content (AvgIpc) is 3.46. The van der Waals surface area contributed by atoms with Crippen molar-refractivity contribution in [1.29, 1.82) is 0 Å². The molecule has 0 bridgehead atoms. The molecule has 0 atom stereocenters. The Morgan fingerprint density at radius 1 is 0.372 bits per heavy atom. The molecule has 2 heterocycles. The summed E-state index contributed by atoms with van der Waals surface area (Å²) in [4.78, 5) is 15.2. The predicted molar refractivity (Wildman–Crippen MR) is 176 cm³/mol. The van der Waals surface area contributed by atoms with Crippen molar-refractivity contribution in [3.8, 4) is 34.2 Å². The van der Waals surface area contributed by atoms with Crippen molar-refractivity contribution in [2.24, 2.45) is 0 Å². The van der Waals surface area contributed by atoms with Crippen LogP contribution < -0.4 is 0 Å². The lowest BCUT2D eigenvalue weighted by molar-refractivity contribution is 0.669. The highest BCUT2D eigenvalue weighted by Crippen LogP contribution is 2.37. The van der Waals surface area contributed by atoms with E-state index in [1.807, 2.05) is 30.3 Å². The van der Waals surface area contributed by atoms with Crippen LogP contribution in [0.4, 0.5) is 0 Å². The normalized spacial score (nSPS) is 11.7. The highest BCUT2D eigenvalue weighted by molar-refractivity contribution is 6.12. The van der Waals surface area contributed by atoms with Crippen molar-refractivity contribution in [2.75, 3.05) is 0 Å². The number of hydrogen-bond acceptors (Lipinski definition) is 4. The van der Waals surface area contributed by atoms with Crippen molar-refractivity contribution in [3.63, 3.8) is 0 Å². The Hall–Kier alpha value is -5.87. The Labute approximate surface area is 246 Å². The van der Waals surface area contributed by atoms with Gasteiger partial charge in [-0.1, -0.05) is 115 Å². The van der Waals surface area contributed by atoms with Gasteiger partial charge in [0.15, 0.2) is 17.5 Å². The number of hydrogen-bond donors (Lipinski definition) is 0. The van der Waals surface area contributed by atoms with Crippen LogP contribution in [0.3, 0.4) is 0 Å². The first kappa shape index (κ1) is 23.8. The molecule has 2 aromatic heterocycles. The molecule has 200 valence electrons. The monoisotopic (exact) mass is 549 g/mol. The summed E-state index contributed by atoms with van der Waals surface area (Å²) in [6.07, 6.45) is 0. The molecular weight excluding hydrogens is 526 g/mol. The molecule has 0 aliphatic rings. The standard InChI is InChI=1S/C39H23N3O/c1-2-10-26-22-28(19-16-24(26)8-1)37-40-38(29-20-21-31-27(23-29)18-17-25-9-3-4-11-30(25)31)42-39(41-37)33-13-7-15-35-36(33)32-12-5-6-14-34(32)43-35/h1-23H. The zero-order valence-corrected chi connectivity index (χ0v) is 23.0. The first-order chi connectivity index (χ1) is 21.3. The van der Waals surface area contributed by atoms with Crippen molar-refractivity contribution in [2.45, 2.75) is 0 Å². The van der Waals surface area contributed by atoms with E-state index in [0.717, 1.165) is 49.4 Å². The summed E-state index contributed by atoms with van der Waals surface area (Å²) < 4.78 is 6.20. The van der Waals surface area contributed by atoms with E-state index in [0.29, 0.717) is 17.5 Å². The molecule has 0 spiro atoms. The smallest absolute Gasteiger partial charge is 0.164 e. The minimum Gasteiger partial charge on any atom is -0.456 e. The largest absolute Gasteiger partial charge is 0.456 e. The summed E-state index contributed by atoms with van der Waals surface area (Å²) >= 11 is 0. The summed E-state index contributed by atoms with van der Waals surface area (Å²) in [5.74, 6) is 1.88. The van der Waals surface area contributed by atoms with Crippen molar-refractivity contribution >= 4 is 54.3 Å². The third-order valence-electron chi connectivity index (χ3n) is 8.29. The molecule has 7 aromatic carbocycles. The summed E-state index contributed by atoms with van der Waals surface area (Å²) in [6, 6.07) is 48.2. The van der Waals surface area contributed by atoms with E-state index in [4.69, 9.17) is 19.4 Å². The lowest BCUT2D eigenvalue weighted by Gasteiger charge is -2.11. The third-order valence-corrected chi connectivity index (χ3v) is 8.29. The fourth-order valence-corrected chi connectivity index (χ4v) is 6.20. The molecule has 0 aliphatic heterocycles. The van der Waals surface area contributed by atoms with Crippen LogP contribution in [0.5, 0.6) is 0 Å². The molecule has 0 amide bonds. The minimum absolute atomic E-state index is 0.615. The van der Waals surface area contributed by atoms with Crippen LogP contribution in [0.15, 0.2) is 144 Å². The maximum absolute atomic E-state index is 6.20. The number of nitrogens with zero attached hydrogens (tertiary/aromatic N) is 3. The van der Waals surface area contributed by atoms with E-state index in [1.54, 1.807) is 0 Å². The van der Waals surface area contributed by atoms with Crippen molar-refractivity contribution in [1.82, 2.24) is 15.0 Å². The zero-order chi connectivity index (χ0) is 28.3. The Morgan fingerprint density at radius 3 is 1.81 bits per heavy atom. The molecule has 0 N–H and O–H groups in total. The van der Waals surface area contributed by atoms with Gasteiger partial charge in [0.2, 0.25) is 0 Å². The zero-order valence-electron chi connectivity index (χ0n) is 23.0. The number of rotatable bonds is 3. The molecule has 0 fully saturated rings. The van der Waals surface area contributed by atoms with Gasteiger partial charge < -0.3 is 4.42 Å². The predicted octanol–water partition coefficient (Wildman–Crippen LogP) is 10.2. The lowest BCUT2D eigenvalue weighted by Crippen LogP contribution is -2.00. The van der Waals surface area contributed by atoms with Gasteiger partial charge in [0, 0.05) is 27.5 Å². The first-order valence-electron chi connectivity index (χ1n) is 14.4. The summed E-state index contributed by atoms with van der Waals surface area (Å²) in [7, 11) is 0. The van der Waals surface area contributed by atoms with Crippen LogP contribution in [0, 0.1) is 0 Å². The van der Waals surface area contributed by atoms with E-state index in [9.17, 15) is 0 Å². The van der Waals surface area contributed by atoms with Crippen molar-refractivity contribution in [3.05, 3.63) is 140 Å². The minimum atomic E-state index is 0.615. The average molecular weight is 550 g/mol. The van der Waals surface area contributed by atoms with Gasteiger partial charge in [0.1, 0.15) is 11.2 Å². The van der Waals surface area contributed by atoms with E-state index in [-0.39, 0.29) is 0 Å². The molecule has 4 nitrogen and oxygen atoms in total. The fourth-order valence-electron chi connectivity index (χ4n) is 6.20. The molecule has 0 aliphatic carbocycles. The Kier molecular flexibility index (Phi) is 5.16. The molecule has 9 rings (SSSR count). The summed E-state index contributed by atoms with van der Waals surface area (Å²) in [6.45, 7) is 0. The molecule has 43 heavy (non-hydrogen) atoms. The molecule has 0 saturated heterocycles. The van der Waals surface area contributed by atoms with E-state index < -0.39 is 0 Å². The summed E-state index contributed by atoms with van der Waals surface area (Å²) in [5, 5.41) is 9.18. The molecule has 4 heteroatoms. The van der Waals surface area contributed by atoms with Gasteiger partial charge in [-0.05, 0) is 56.6 Å². The van der Waals surface area contributed by atoms with E-state index in [2.05, 4.69) is 109 Å². The van der Waals surface area contributed by atoms with E-state index >= 15 is 0 Å². The van der Waals surface area contributed by atoms with Crippen LogP contribution in [-0.4, -0.2) is 15.0 Å². The second kappa shape index (κ2) is 9.33. The highest BCUT2D eigenvalue weighted by Gasteiger charge is 2.18.